The molecule has 0 saturated carbocycles. The molecule has 0 unspecified atom stereocenters. The Hall–Kier alpha value is -2.63. The van der Waals surface area contributed by atoms with Gasteiger partial charge in [-0.3, -0.25) is 0 Å². The van der Waals surface area contributed by atoms with E-state index in [1.54, 1.807) is 7.11 Å². The second kappa shape index (κ2) is 5.53. The minimum atomic E-state index is 0.773. The fourth-order valence-electron chi connectivity index (χ4n) is 3.08. The van der Waals surface area contributed by atoms with Crippen molar-refractivity contribution < 1.29 is 4.74 Å². The van der Waals surface area contributed by atoms with Gasteiger partial charge in [-0.15, -0.1) is 0 Å². The van der Waals surface area contributed by atoms with Gasteiger partial charge in [-0.25, -0.2) is 14.6 Å². The number of hydrogen-bond donors (Lipinski definition) is 0. The highest BCUT2D eigenvalue weighted by Gasteiger charge is 2.20. The Morgan fingerprint density at radius 1 is 1.04 bits per heavy atom. The van der Waals surface area contributed by atoms with Gasteiger partial charge in [0.05, 0.1) is 24.4 Å². The van der Waals surface area contributed by atoms with E-state index >= 15 is 0 Å². The molecule has 0 radical (unpaired) electrons. The molecule has 0 bridgehead atoms. The van der Waals surface area contributed by atoms with Crippen LogP contribution in [0.25, 0.3) is 16.7 Å². The minimum absolute atomic E-state index is 0.773. The molecule has 3 heterocycles. The lowest BCUT2D eigenvalue weighted by Gasteiger charge is -2.17. The molecule has 4 rings (SSSR count). The van der Waals surface area contributed by atoms with Crippen LogP contribution in [0.1, 0.15) is 18.7 Å². The Balaban J connectivity index is 1.85. The molecule has 0 amide bonds. The third-order valence-corrected chi connectivity index (χ3v) is 4.24. The van der Waals surface area contributed by atoms with E-state index in [4.69, 9.17) is 4.74 Å². The first-order valence-corrected chi connectivity index (χ1v) is 7.88. The molecule has 1 saturated heterocycles. The molecule has 0 spiro atoms. The van der Waals surface area contributed by atoms with Gasteiger partial charge in [0, 0.05) is 13.1 Å². The fraction of sp³-hybridized carbons (Fsp3) is 0.353. The molecule has 0 aliphatic carbocycles. The van der Waals surface area contributed by atoms with Crippen LogP contribution in [0.5, 0.6) is 5.75 Å². The number of ether oxygens (including phenoxy) is 1. The Labute approximate surface area is 134 Å². The van der Waals surface area contributed by atoms with Gasteiger partial charge in [0.1, 0.15) is 17.4 Å². The van der Waals surface area contributed by atoms with Crippen LogP contribution in [0.2, 0.25) is 0 Å². The van der Waals surface area contributed by atoms with E-state index in [2.05, 4.69) is 20.0 Å². The zero-order valence-electron chi connectivity index (χ0n) is 13.4. The number of aromatic nitrogens is 4. The van der Waals surface area contributed by atoms with Gasteiger partial charge in [0.15, 0.2) is 5.65 Å². The van der Waals surface area contributed by atoms with Crippen molar-refractivity contribution in [2.75, 3.05) is 25.1 Å². The van der Waals surface area contributed by atoms with Crippen molar-refractivity contribution >= 4 is 16.9 Å². The van der Waals surface area contributed by atoms with E-state index in [0.717, 1.165) is 47.2 Å². The van der Waals surface area contributed by atoms with Crippen LogP contribution in [-0.4, -0.2) is 39.9 Å². The summed E-state index contributed by atoms with van der Waals surface area (Å²) in [7, 11) is 1.66. The monoisotopic (exact) mass is 309 g/mol. The Kier molecular flexibility index (Phi) is 3.37. The molecular formula is C17H19N5O. The summed E-state index contributed by atoms with van der Waals surface area (Å²) in [5.74, 6) is 2.60. The molecule has 23 heavy (non-hydrogen) atoms. The number of methoxy groups -OCH3 is 1. The highest BCUT2D eigenvalue weighted by molar-refractivity contribution is 5.88. The Morgan fingerprint density at radius 2 is 1.78 bits per heavy atom. The molecule has 6 heteroatoms. The number of anilines is 1. The van der Waals surface area contributed by atoms with Crippen molar-refractivity contribution in [1.29, 1.82) is 0 Å². The van der Waals surface area contributed by atoms with Gasteiger partial charge in [0.25, 0.3) is 0 Å². The second-order valence-corrected chi connectivity index (χ2v) is 5.78. The van der Waals surface area contributed by atoms with Crippen LogP contribution in [0.4, 0.5) is 5.82 Å². The van der Waals surface area contributed by atoms with E-state index in [-0.39, 0.29) is 0 Å². The molecule has 6 nitrogen and oxygen atoms in total. The number of nitrogens with zero attached hydrogens (tertiary/aromatic N) is 5. The summed E-state index contributed by atoms with van der Waals surface area (Å²) in [5.41, 5.74) is 1.82. The molecule has 1 aliphatic heterocycles. The van der Waals surface area contributed by atoms with Crippen molar-refractivity contribution in [3.8, 4) is 11.4 Å². The van der Waals surface area contributed by atoms with Crippen molar-refractivity contribution in [2.24, 2.45) is 0 Å². The molecule has 0 N–H and O–H groups in total. The normalized spacial score (nSPS) is 14.6. The van der Waals surface area contributed by atoms with Crippen LogP contribution in [-0.2, 0) is 0 Å². The smallest absolute Gasteiger partial charge is 0.168 e. The van der Waals surface area contributed by atoms with Gasteiger partial charge in [-0.05, 0) is 44.0 Å². The van der Waals surface area contributed by atoms with Crippen LogP contribution in [0, 0.1) is 6.92 Å². The van der Waals surface area contributed by atoms with Crippen molar-refractivity contribution in [3.05, 3.63) is 36.3 Å². The molecule has 1 aliphatic rings. The average molecular weight is 309 g/mol. The van der Waals surface area contributed by atoms with Crippen LogP contribution in [0.15, 0.2) is 30.5 Å². The highest BCUT2D eigenvalue weighted by atomic mass is 16.5. The zero-order chi connectivity index (χ0) is 15.8. The number of hydrogen-bond acceptors (Lipinski definition) is 5. The van der Waals surface area contributed by atoms with Gasteiger partial charge >= 0.3 is 0 Å². The number of aryl methyl sites for hydroxylation is 1. The lowest BCUT2D eigenvalue weighted by atomic mass is 10.3. The van der Waals surface area contributed by atoms with Gasteiger partial charge in [0.2, 0.25) is 0 Å². The fourth-order valence-corrected chi connectivity index (χ4v) is 3.08. The van der Waals surface area contributed by atoms with E-state index in [0.29, 0.717) is 0 Å². The maximum atomic E-state index is 5.22. The largest absolute Gasteiger partial charge is 0.497 e. The molecule has 3 aromatic rings. The third kappa shape index (κ3) is 2.40. The van der Waals surface area contributed by atoms with Crippen molar-refractivity contribution in [2.45, 2.75) is 19.8 Å². The van der Waals surface area contributed by atoms with Gasteiger partial charge in [-0.2, -0.15) is 5.10 Å². The van der Waals surface area contributed by atoms with Gasteiger partial charge in [-0.1, -0.05) is 0 Å². The number of rotatable bonds is 3. The van der Waals surface area contributed by atoms with Crippen LogP contribution >= 0.6 is 0 Å². The Bertz CT molecular complexity index is 834. The van der Waals surface area contributed by atoms with Crippen LogP contribution < -0.4 is 9.64 Å². The predicted octanol–water partition coefficient (Wildman–Crippen LogP) is 2.73. The summed E-state index contributed by atoms with van der Waals surface area (Å²) < 4.78 is 7.08. The molecule has 118 valence electrons. The maximum absolute atomic E-state index is 5.22. The molecule has 0 atom stereocenters. The van der Waals surface area contributed by atoms with Crippen molar-refractivity contribution in [1.82, 2.24) is 19.7 Å². The summed E-state index contributed by atoms with van der Waals surface area (Å²) in [6.07, 6.45) is 4.31. The van der Waals surface area contributed by atoms with Crippen LogP contribution in [0.3, 0.4) is 0 Å². The quantitative estimate of drug-likeness (QED) is 0.744. The summed E-state index contributed by atoms with van der Waals surface area (Å²) in [6, 6.07) is 7.83. The SMILES string of the molecule is COc1ccc(-n2ncc3c(N4CCCC4)nc(C)nc32)cc1. The van der Waals surface area contributed by atoms with Gasteiger partial charge < -0.3 is 9.64 Å². The number of benzene rings is 1. The average Bonchev–Trinajstić information content (AvgIpc) is 3.24. The van der Waals surface area contributed by atoms with E-state index in [1.807, 2.05) is 42.1 Å². The molecule has 2 aromatic heterocycles. The Morgan fingerprint density at radius 3 is 2.48 bits per heavy atom. The number of fused-ring (bicyclic) bond motifs is 1. The second-order valence-electron chi connectivity index (χ2n) is 5.78. The maximum Gasteiger partial charge on any atom is 0.168 e. The molecule has 1 fully saturated rings. The first-order valence-electron chi connectivity index (χ1n) is 7.88. The summed E-state index contributed by atoms with van der Waals surface area (Å²) >= 11 is 0. The topological polar surface area (TPSA) is 56.1 Å². The lowest BCUT2D eigenvalue weighted by molar-refractivity contribution is 0.414. The summed E-state index contributed by atoms with van der Waals surface area (Å²) in [6.45, 7) is 4.04. The third-order valence-electron chi connectivity index (χ3n) is 4.24. The summed E-state index contributed by atoms with van der Waals surface area (Å²) in [5, 5.41) is 5.55. The lowest BCUT2D eigenvalue weighted by Crippen LogP contribution is -2.20. The highest BCUT2D eigenvalue weighted by Crippen LogP contribution is 2.28. The predicted molar refractivity (Wildman–Crippen MR) is 89.4 cm³/mol. The van der Waals surface area contributed by atoms with E-state index in [9.17, 15) is 0 Å². The molecular weight excluding hydrogens is 290 g/mol. The first kappa shape index (κ1) is 14.0. The standard InChI is InChI=1S/C17H19N5O/c1-12-19-16(21-9-3-4-10-21)15-11-18-22(17(15)20-12)13-5-7-14(23-2)8-6-13/h5-8,11H,3-4,9-10H2,1-2H3. The van der Waals surface area contributed by atoms with Crippen molar-refractivity contribution in [3.63, 3.8) is 0 Å². The summed E-state index contributed by atoms with van der Waals surface area (Å²) in [4.78, 5) is 11.6. The van der Waals surface area contributed by atoms with E-state index < -0.39 is 0 Å². The zero-order valence-corrected chi connectivity index (χ0v) is 13.4. The van der Waals surface area contributed by atoms with E-state index in [1.165, 1.54) is 12.8 Å². The molecule has 1 aromatic carbocycles. The first-order chi connectivity index (χ1) is 11.3. The minimum Gasteiger partial charge on any atom is -0.497 e.